The Hall–Kier alpha value is -1.61. The average molecular weight is 229 g/mol. The van der Waals surface area contributed by atoms with Gasteiger partial charge >= 0.3 is 0 Å². The Morgan fingerprint density at radius 3 is 2.65 bits per heavy atom. The minimum absolute atomic E-state index is 0.465. The Bertz CT molecular complexity index is 470. The molecule has 0 saturated carbocycles. The van der Waals surface area contributed by atoms with E-state index in [0.717, 1.165) is 17.9 Å². The molecule has 3 N–H and O–H groups in total. The highest BCUT2D eigenvalue weighted by Gasteiger charge is 2.06. The Morgan fingerprint density at radius 1 is 1.29 bits per heavy atom. The van der Waals surface area contributed by atoms with E-state index in [0.29, 0.717) is 12.5 Å². The summed E-state index contributed by atoms with van der Waals surface area (Å²) in [5.74, 6) is 1.48. The standard InChI is InChI=1S/C14H19N3/c1-10-3-5-12(6-4-10)13-9-16-14(17-13)7-11(2)8-15/h3-6,9,11H,7-8,15H2,1-2H3,(H,16,17). The molecule has 1 heterocycles. The fourth-order valence-electron chi connectivity index (χ4n) is 1.76. The molecule has 0 bridgehead atoms. The monoisotopic (exact) mass is 229 g/mol. The number of imidazole rings is 1. The summed E-state index contributed by atoms with van der Waals surface area (Å²) in [6.07, 6.45) is 2.80. The van der Waals surface area contributed by atoms with E-state index in [1.54, 1.807) is 0 Å². The fourth-order valence-corrected chi connectivity index (χ4v) is 1.76. The van der Waals surface area contributed by atoms with Crippen molar-refractivity contribution in [2.24, 2.45) is 11.7 Å². The van der Waals surface area contributed by atoms with Crippen LogP contribution in [-0.4, -0.2) is 16.5 Å². The second-order valence-corrected chi connectivity index (χ2v) is 4.65. The summed E-state index contributed by atoms with van der Waals surface area (Å²) < 4.78 is 0. The molecule has 2 aromatic rings. The molecule has 0 aliphatic rings. The maximum absolute atomic E-state index is 5.61. The van der Waals surface area contributed by atoms with Crippen LogP contribution in [0.25, 0.3) is 11.3 Å². The number of rotatable bonds is 4. The number of aromatic amines is 1. The van der Waals surface area contributed by atoms with Gasteiger partial charge in [-0.1, -0.05) is 36.8 Å². The van der Waals surface area contributed by atoms with E-state index in [4.69, 9.17) is 5.73 Å². The largest absolute Gasteiger partial charge is 0.342 e. The predicted molar refractivity (Wildman–Crippen MR) is 70.7 cm³/mol. The van der Waals surface area contributed by atoms with Crippen LogP contribution in [0.15, 0.2) is 30.5 Å². The maximum Gasteiger partial charge on any atom is 0.106 e. The molecule has 90 valence electrons. The van der Waals surface area contributed by atoms with Gasteiger partial charge in [-0.15, -0.1) is 0 Å². The van der Waals surface area contributed by atoms with Crippen LogP contribution in [-0.2, 0) is 6.42 Å². The van der Waals surface area contributed by atoms with Gasteiger partial charge in [0, 0.05) is 6.42 Å². The lowest BCUT2D eigenvalue weighted by atomic mass is 10.1. The number of hydrogen-bond acceptors (Lipinski definition) is 2. The maximum atomic E-state index is 5.61. The summed E-state index contributed by atoms with van der Waals surface area (Å²) in [6.45, 7) is 4.92. The summed E-state index contributed by atoms with van der Waals surface area (Å²) in [6, 6.07) is 8.44. The number of nitrogens with zero attached hydrogens (tertiary/aromatic N) is 1. The van der Waals surface area contributed by atoms with Crippen molar-refractivity contribution < 1.29 is 0 Å². The summed E-state index contributed by atoms with van der Waals surface area (Å²) in [5.41, 5.74) is 9.13. The van der Waals surface area contributed by atoms with Crippen LogP contribution in [0.1, 0.15) is 18.3 Å². The van der Waals surface area contributed by atoms with Crippen molar-refractivity contribution >= 4 is 0 Å². The van der Waals surface area contributed by atoms with Crippen molar-refractivity contribution in [3.05, 3.63) is 41.9 Å². The van der Waals surface area contributed by atoms with Crippen molar-refractivity contribution in [3.8, 4) is 11.3 Å². The van der Waals surface area contributed by atoms with Crippen molar-refractivity contribution in [2.75, 3.05) is 6.54 Å². The molecule has 0 spiro atoms. The smallest absolute Gasteiger partial charge is 0.106 e. The van der Waals surface area contributed by atoms with E-state index in [1.165, 1.54) is 11.1 Å². The van der Waals surface area contributed by atoms with Gasteiger partial charge in [-0.3, -0.25) is 0 Å². The zero-order valence-electron chi connectivity index (χ0n) is 10.4. The number of nitrogens with one attached hydrogen (secondary N) is 1. The van der Waals surface area contributed by atoms with Gasteiger partial charge in [-0.05, 0) is 24.9 Å². The molecule has 17 heavy (non-hydrogen) atoms. The molecular weight excluding hydrogens is 210 g/mol. The van der Waals surface area contributed by atoms with Gasteiger partial charge in [0.15, 0.2) is 0 Å². The second-order valence-electron chi connectivity index (χ2n) is 4.65. The van der Waals surface area contributed by atoms with Gasteiger partial charge in [0.05, 0.1) is 11.9 Å². The van der Waals surface area contributed by atoms with Gasteiger partial charge in [0.25, 0.3) is 0 Å². The van der Waals surface area contributed by atoms with E-state index < -0.39 is 0 Å². The molecular formula is C14H19N3. The van der Waals surface area contributed by atoms with Crippen LogP contribution in [0.2, 0.25) is 0 Å². The lowest BCUT2D eigenvalue weighted by Gasteiger charge is -2.04. The highest BCUT2D eigenvalue weighted by atomic mass is 14.9. The van der Waals surface area contributed by atoms with Crippen LogP contribution < -0.4 is 5.73 Å². The van der Waals surface area contributed by atoms with Crippen molar-refractivity contribution in [3.63, 3.8) is 0 Å². The zero-order chi connectivity index (χ0) is 12.3. The van der Waals surface area contributed by atoms with Gasteiger partial charge in [0.1, 0.15) is 5.82 Å². The van der Waals surface area contributed by atoms with Crippen LogP contribution in [0.3, 0.4) is 0 Å². The molecule has 1 atom stereocenters. The second kappa shape index (κ2) is 5.15. The minimum atomic E-state index is 0.465. The molecule has 3 heteroatoms. The van der Waals surface area contributed by atoms with E-state index in [9.17, 15) is 0 Å². The minimum Gasteiger partial charge on any atom is -0.342 e. The first-order valence-corrected chi connectivity index (χ1v) is 6.00. The van der Waals surface area contributed by atoms with Crippen molar-refractivity contribution in [1.29, 1.82) is 0 Å². The Labute approximate surface area is 102 Å². The fraction of sp³-hybridized carbons (Fsp3) is 0.357. The molecule has 3 nitrogen and oxygen atoms in total. The van der Waals surface area contributed by atoms with E-state index >= 15 is 0 Å². The van der Waals surface area contributed by atoms with Crippen LogP contribution in [0.4, 0.5) is 0 Å². The zero-order valence-corrected chi connectivity index (χ0v) is 10.4. The molecule has 0 saturated heterocycles. The highest BCUT2D eigenvalue weighted by molar-refractivity contribution is 5.58. The average Bonchev–Trinajstić information content (AvgIpc) is 2.78. The van der Waals surface area contributed by atoms with Crippen LogP contribution in [0, 0.1) is 12.8 Å². The van der Waals surface area contributed by atoms with E-state index in [2.05, 4.69) is 48.1 Å². The molecule has 2 rings (SSSR count). The van der Waals surface area contributed by atoms with E-state index in [-0.39, 0.29) is 0 Å². The van der Waals surface area contributed by atoms with Gasteiger partial charge in [-0.25, -0.2) is 4.98 Å². The molecule has 1 aromatic carbocycles. The Kier molecular flexibility index (Phi) is 3.59. The molecule has 0 aliphatic carbocycles. The number of H-pyrrole nitrogens is 1. The number of aromatic nitrogens is 2. The number of hydrogen-bond donors (Lipinski definition) is 2. The normalized spacial score (nSPS) is 12.6. The molecule has 0 radical (unpaired) electrons. The molecule has 1 unspecified atom stereocenters. The quantitative estimate of drug-likeness (QED) is 0.846. The third-order valence-corrected chi connectivity index (χ3v) is 2.94. The molecule has 1 aromatic heterocycles. The lowest BCUT2D eigenvalue weighted by Crippen LogP contribution is -2.13. The van der Waals surface area contributed by atoms with Crippen LogP contribution >= 0.6 is 0 Å². The first-order chi connectivity index (χ1) is 8.19. The lowest BCUT2D eigenvalue weighted by molar-refractivity contribution is 0.577. The van der Waals surface area contributed by atoms with Crippen molar-refractivity contribution in [1.82, 2.24) is 9.97 Å². The van der Waals surface area contributed by atoms with Crippen LogP contribution in [0.5, 0.6) is 0 Å². The van der Waals surface area contributed by atoms with E-state index in [1.807, 2.05) is 6.20 Å². The topological polar surface area (TPSA) is 54.7 Å². The summed E-state index contributed by atoms with van der Waals surface area (Å²) in [4.78, 5) is 7.74. The van der Waals surface area contributed by atoms with Gasteiger partial charge < -0.3 is 10.7 Å². The SMILES string of the molecule is Cc1ccc(-c2cnc(CC(C)CN)[nH]2)cc1. The number of benzene rings is 1. The first-order valence-electron chi connectivity index (χ1n) is 6.00. The molecule has 0 fully saturated rings. The number of nitrogens with two attached hydrogens (primary N) is 1. The Morgan fingerprint density at radius 2 is 2.00 bits per heavy atom. The van der Waals surface area contributed by atoms with Crippen molar-refractivity contribution in [2.45, 2.75) is 20.3 Å². The molecule has 0 amide bonds. The highest BCUT2D eigenvalue weighted by Crippen LogP contribution is 2.18. The predicted octanol–water partition coefficient (Wildman–Crippen LogP) is 2.52. The molecule has 0 aliphatic heterocycles. The van der Waals surface area contributed by atoms with Gasteiger partial charge in [0.2, 0.25) is 0 Å². The summed E-state index contributed by atoms with van der Waals surface area (Å²) in [5, 5.41) is 0. The summed E-state index contributed by atoms with van der Waals surface area (Å²) in [7, 11) is 0. The third-order valence-electron chi connectivity index (χ3n) is 2.94. The number of aryl methyl sites for hydroxylation is 1. The Balaban J connectivity index is 2.15. The third kappa shape index (κ3) is 2.94. The summed E-state index contributed by atoms with van der Waals surface area (Å²) >= 11 is 0. The first kappa shape index (κ1) is 11.9. The van der Waals surface area contributed by atoms with Gasteiger partial charge in [-0.2, -0.15) is 0 Å².